The van der Waals surface area contributed by atoms with Gasteiger partial charge in [0.25, 0.3) is 0 Å². The van der Waals surface area contributed by atoms with Gasteiger partial charge in [-0.15, -0.1) is 5.10 Å². The van der Waals surface area contributed by atoms with E-state index in [-0.39, 0.29) is 0 Å². The zero-order valence-corrected chi connectivity index (χ0v) is 7.70. The molecule has 0 bridgehead atoms. The van der Waals surface area contributed by atoms with Crippen LogP contribution in [0, 0.1) is 0 Å². The van der Waals surface area contributed by atoms with Gasteiger partial charge in [0.1, 0.15) is 12.4 Å². The van der Waals surface area contributed by atoms with Gasteiger partial charge < -0.3 is 4.74 Å². The number of para-hydroxylation sites is 1. The molecule has 0 aliphatic rings. The molecule has 1 heterocycles. The van der Waals surface area contributed by atoms with E-state index in [9.17, 15) is 0 Å². The van der Waals surface area contributed by atoms with Crippen molar-refractivity contribution in [3.63, 3.8) is 0 Å². The third-order valence-corrected chi connectivity index (χ3v) is 2.16. The molecular formula is C9H8N2OS. The standard InChI is InChI=1S/C9H8N2OS/c1-2-4-8(5-3-1)12-7-9-6-10-11-13-9/h1-6H,7H2. The molecule has 4 heteroatoms. The van der Waals surface area contributed by atoms with Crippen LogP contribution in [0.4, 0.5) is 0 Å². The van der Waals surface area contributed by atoms with Crippen LogP contribution in [0.3, 0.4) is 0 Å². The Hall–Kier alpha value is -1.42. The van der Waals surface area contributed by atoms with Gasteiger partial charge in [0, 0.05) is 0 Å². The maximum atomic E-state index is 5.48. The molecule has 0 unspecified atom stereocenters. The number of nitrogens with zero attached hydrogens (tertiary/aromatic N) is 2. The fraction of sp³-hybridized carbons (Fsp3) is 0.111. The van der Waals surface area contributed by atoms with Crippen LogP contribution in [0.15, 0.2) is 36.5 Å². The molecule has 66 valence electrons. The largest absolute Gasteiger partial charge is 0.488 e. The Morgan fingerprint density at radius 3 is 2.77 bits per heavy atom. The van der Waals surface area contributed by atoms with Crippen molar-refractivity contribution >= 4 is 11.5 Å². The van der Waals surface area contributed by atoms with Gasteiger partial charge in [-0.1, -0.05) is 22.7 Å². The lowest BCUT2D eigenvalue weighted by Crippen LogP contribution is -1.91. The number of benzene rings is 1. The van der Waals surface area contributed by atoms with Crippen LogP contribution in [-0.2, 0) is 6.61 Å². The van der Waals surface area contributed by atoms with Crippen LogP contribution in [0.2, 0.25) is 0 Å². The molecule has 2 aromatic rings. The topological polar surface area (TPSA) is 35.0 Å². The first-order valence-corrected chi connectivity index (χ1v) is 4.66. The van der Waals surface area contributed by atoms with E-state index in [2.05, 4.69) is 9.59 Å². The average Bonchev–Trinajstić information content (AvgIpc) is 2.69. The molecule has 0 amide bonds. The van der Waals surface area contributed by atoms with E-state index in [0.29, 0.717) is 6.61 Å². The van der Waals surface area contributed by atoms with Crippen molar-refractivity contribution in [2.45, 2.75) is 6.61 Å². The summed E-state index contributed by atoms with van der Waals surface area (Å²) in [6, 6.07) is 9.70. The lowest BCUT2D eigenvalue weighted by atomic mass is 10.3. The summed E-state index contributed by atoms with van der Waals surface area (Å²) in [5, 5.41) is 3.72. The van der Waals surface area contributed by atoms with E-state index in [1.54, 1.807) is 6.20 Å². The third kappa shape index (κ3) is 2.26. The Morgan fingerprint density at radius 2 is 2.08 bits per heavy atom. The first-order chi connectivity index (χ1) is 6.45. The normalized spacial score (nSPS) is 9.85. The van der Waals surface area contributed by atoms with Gasteiger partial charge in [0.15, 0.2) is 0 Å². The maximum Gasteiger partial charge on any atom is 0.126 e. The Balaban J connectivity index is 1.94. The predicted octanol–water partition coefficient (Wildman–Crippen LogP) is 2.12. The monoisotopic (exact) mass is 192 g/mol. The zero-order chi connectivity index (χ0) is 8.93. The molecule has 0 aliphatic carbocycles. The van der Waals surface area contributed by atoms with Gasteiger partial charge in [-0.25, -0.2) is 0 Å². The molecule has 1 aromatic heterocycles. The van der Waals surface area contributed by atoms with Crippen molar-refractivity contribution in [3.8, 4) is 5.75 Å². The minimum Gasteiger partial charge on any atom is -0.488 e. The van der Waals surface area contributed by atoms with Crippen LogP contribution >= 0.6 is 11.5 Å². The summed E-state index contributed by atoms with van der Waals surface area (Å²) in [5.74, 6) is 0.871. The molecular weight excluding hydrogens is 184 g/mol. The number of rotatable bonds is 3. The maximum absolute atomic E-state index is 5.48. The van der Waals surface area contributed by atoms with Gasteiger partial charge in [0.05, 0.1) is 11.1 Å². The summed E-state index contributed by atoms with van der Waals surface area (Å²) in [6.45, 7) is 0.543. The van der Waals surface area contributed by atoms with Gasteiger partial charge in [-0.2, -0.15) is 0 Å². The average molecular weight is 192 g/mol. The van der Waals surface area contributed by atoms with Crippen LogP contribution in [-0.4, -0.2) is 9.59 Å². The lowest BCUT2D eigenvalue weighted by molar-refractivity contribution is 0.309. The van der Waals surface area contributed by atoms with Crippen molar-refractivity contribution in [2.24, 2.45) is 0 Å². The molecule has 0 spiro atoms. The summed E-state index contributed by atoms with van der Waals surface area (Å²) < 4.78 is 9.23. The second-order valence-electron chi connectivity index (χ2n) is 2.49. The van der Waals surface area contributed by atoms with Crippen LogP contribution in [0.1, 0.15) is 4.88 Å². The van der Waals surface area contributed by atoms with E-state index < -0.39 is 0 Å². The van der Waals surface area contributed by atoms with Crippen molar-refractivity contribution in [1.82, 2.24) is 9.59 Å². The number of ether oxygens (including phenoxy) is 1. The van der Waals surface area contributed by atoms with Gasteiger partial charge >= 0.3 is 0 Å². The quantitative estimate of drug-likeness (QED) is 0.747. The number of hydrogen-bond acceptors (Lipinski definition) is 4. The second kappa shape index (κ2) is 4.00. The molecule has 0 saturated heterocycles. The molecule has 0 atom stereocenters. The minimum atomic E-state index is 0.543. The summed E-state index contributed by atoms with van der Waals surface area (Å²) in [5.41, 5.74) is 0. The Morgan fingerprint density at radius 1 is 1.23 bits per heavy atom. The highest BCUT2D eigenvalue weighted by atomic mass is 32.1. The smallest absolute Gasteiger partial charge is 0.126 e. The first-order valence-electron chi connectivity index (χ1n) is 3.89. The van der Waals surface area contributed by atoms with Crippen LogP contribution < -0.4 is 4.74 Å². The summed E-state index contributed by atoms with van der Waals surface area (Å²) in [6.07, 6.45) is 1.72. The molecule has 0 radical (unpaired) electrons. The highest BCUT2D eigenvalue weighted by Crippen LogP contribution is 2.12. The van der Waals surface area contributed by atoms with E-state index in [1.165, 1.54) is 11.5 Å². The summed E-state index contributed by atoms with van der Waals surface area (Å²) >= 11 is 1.36. The van der Waals surface area contributed by atoms with Gasteiger partial charge in [-0.05, 0) is 23.7 Å². The van der Waals surface area contributed by atoms with E-state index in [4.69, 9.17) is 4.74 Å². The third-order valence-electron chi connectivity index (χ3n) is 1.53. The Labute approximate surface area is 80.2 Å². The van der Waals surface area contributed by atoms with Gasteiger partial charge in [0.2, 0.25) is 0 Å². The molecule has 0 aliphatic heterocycles. The fourth-order valence-electron chi connectivity index (χ4n) is 0.922. The van der Waals surface area contributed by atoms with Crippen molar-refractivity contribution in [1.29, 1.82) is 0 Å². The van der Waals surface area contributed by atoms with E-state index in [1.807, 2.05) is 30.3 Å². The summed E-state index contributed by atoms with van der Waals surface area (Å²) in [7, 11) is 0. The lowest BCUT2D eigenvalue weighted by Gasteiger charge is -2.01. The fourth-order valence-corrected chi connectivity index (χ4v) is 1.33. The Kier molecular flexibility index (Phi) is 2.52. The first kappa shape index (κ1) is 8.19. The van der Waals surface area contributed by atoms with Crippen LogP contribution in [0.5, 0.6) is 5.75 Å². The van der Waals surface area contributed by atoms with Crippen molar-refractivity contribution in [3.05, 3.63) is 41.4 Å². The molecule has 0 saturated carbocycles. The van der Waals surface area contributed by atoms with E-state index in [0.717, 1.165) is 10.6 Å². The molecule has 2 rings (SSSR count). The van der Waals surface area contributed by atoms with Crippen molar-refractivity contribution in [2.75, 3.05) is 0 Å². The number of hydrogen-bond donors (Lipinski definition) is 0. The second-order valence-corrected chi connectivity index (χ2v) is 3.36. The molecule has 13 heavy (non-hydrogen) atoms. The molecule has 1 aromatic carbocycles. The SMILES string of the molecule is c1ccc(OCc2cnns2)cc1. The highest BCUT2D eigenvalue weighted by molar-refractivity contribution is 7.05. The molecule has 0 fully saturated rings. The zero-order valence-electron chi connectivity index (χ0n) is 6.88. The summed E-state index contributed by atoms with van der Waals surface area (Å²) in [4.78, 5) is 1.03. The molecule has 0 N–H and O–H groups in total. The van der Waals surface area contributed by atoms with Gasteiger partial charge in [-0.3, -0.25) is 0 Å². The molecule has 3 nitrogen and oxygen atoms in total. The van der Waals surface area contributed by atoms with Crippen LogP contribution in [0.25, 0.3) is 0 Å². The van der Waals surface area contributed by atoms with E-state index >= 15 is 0 Å². The minimum absolute atomic E-state index is 0.543. The highest BCUT2D eigenvalue weighted by Gasteiger charge is 1.96. The Bertz CT molecular complexity index is 347. The number of aromatic nitrogens is 2. The predicted molar refractivity (Wildman–Crippen MR) is 50.7 cm³/mol. The van der Waals surface area contributed by atoms with Crippen molar-refractivity contribution < 1.29 is 4.74 Å².